The number of para-hydroxylation sites is 1. The van der Waals surface area contributed by atoms with E-state index < -0.39 is 0 Å². The maximum atomic E-state index is 12.1. The van der Waals surface area contributed by atoms with E-state index in [1.807, 2.05) is 35.7 Å². The van der Waals surface area contributed by atoms with Crippen LogP contribution in [0.15, 0.2) is 52.4 Å². The highest BCUT2D eigenvalue weighted by molar-refractivity contribution is 7.13. The fourth-order valence-corrected chi connectivity index (χ4v) is 2.54. The molecule has 0 unspecified atom stereocenters. The number of hydrogen-bond donors (Lipinski definition) is 0. The molecule has 1 aromatic carbocycles. The molecule has 0 spiro atoms. The van der Waals surface area contributed by atoms with Crippen LogP contribution in [0.3, 0.4) is 0 Å². The minimum atomic E-state index is -0.162. The summed E-state index contributed by atoms with van der Waals surface area (Å²) in [5.74, 6) is 1.43. The van der Waals surface area contributed by atoms with E-state index in [2.05, 4.69) is 10.1 Å². The van der Waals surface area contributed by atoms with Crippen molar-refractivity contribution >= 4 is 17.2 Å². The fourth-order valence-electron chi connectivity index (χ4n) is 1.89. The number of benzene rings is 1. The van der Waals surface area contributed by atoms with Crippen LogP contribution in [0.1, 0.15) is 5.89 Å². The van der Waals surface area contributed by atoms with Gasteiger partial charge in [0.1, 0.15) is 5.75 Å². The number of nitrogens with zero attached hydrogens (tertiary/aromatic N) is 3. The summed E-state index contributed by atoms with van der Waals surface area (Å²) in [4.78, 5) is 18.8. The van der Waals surface area contributed by atoms with Crippen molar-refractivity contribution in [1.82, 2.24) is 15.0 Å². The lowest BCUT2D eigenvalue weighted by atomic mass is 10.3. The lowest BCUT2D eigenvalue weighted by Crippen LogP contribution is -2.31. The third-order valence-electron chi connectivity index (χ3n) is 3.11. The summed E-state index contributed by atoms with van der Waals surface area (Å²) in [5, 5.41) is 5.87. The molecule has 2 aromatic heterocycles. The summed E-state index contributed by atoms with van der Waals surface area (Å²) < 4.78 is 10.6. The van der Waals surface area contributed by atoms with Gasteiger partial charge in [-0.1, -0.05) is 29.4 Å². The molecular formula is C16H15N3O3S. The fraction of sp³-hybridized carbons (Fsp3) is 0.188. The molecular weight excluding hydrogens is 314 g/mol. The van der Waals surface area contributed by atoms with Gasteiger partial charge in [-0.25, -0.2) is 0 Å². The van der Waals surface area contributed by atoms with Gasteiger partial charge in [0.2, 0.25) is 11.7 Å². The van der Waals surface area contributed by atoms with Crippen LogP contribution in [0.4, 0.5) is 0 Å². The molecule has 0 aliphatic rings. The van der Waals surface area contributed by atoms with Gasteiger partial charge in [0.05, 0.1) is 11.4 Å². The molecule has 0 bridgehead atoms. The Bertz CT molecular complexity index is 756. The first-order valence-electron chi connectivity index (χ1n) is 7.00. The third kappa shape index (κ3) is 3.95. The highest BCUT2D eigenvalue weighted by atomic mass is 32.1. The number of amides is 1. The van der Waals surface area contributed by atoms with Gasteiger partial charge < -0.3 is 14.2 Å². The van der Waals surface area contributed by atoms with Crippen molar-refractivity contribution in [2.24, 2.45) is 0 Å². The first-order chi connectivity index (χ1) is 11.2. The zero-order valence-electron chi connectivity index (χ0n) is 12.5. The minimum absolute atomic E-state index is 0.0353. The summed E-state index contributed by atoms with van der Waals surface area (Å²) in [6.07, 6.45) is 0. The van der Waals surface area contributed by atoms with Crippen LogP contribution in [-0.4, -0.2) is 34.6 Å². The Kier molecular flexibility index (Phi) is 4.68. The van der Waals surface area contributed by atoms with Crippen molar-refractivity contribution in [2.45, 2.75) is 6.54 Å². The second kappa shape index (κ2) is 7.06. The summed E-state index contributed by atoms with van der Waals surface area (Å²) >= 11 is 1.53. The second-order valence-corrected chi connectivity index (χ2v) is 5.79. The van der Waals surface area contributed by atoms with Crippen LogP contribution in [-0.2, 0) is 11.3 Å². The van der Waals surface area contributed by atoms with Crippen LogP contribution in [0.2, 0.25) is 0 Å². The summed E-state index contributed by atoms with van der Waals surface area (Å²) in [7, 11) is 1.67. The highest BCUT2D eigenvalue weighted by Gasteiger charge is 2.15. The molecule has 3 aromatic rings. The maximum Gasteiger partial charge on any atom is 0.260 e. The van der Waals surface area contributed by atoms with Gasteiger partial charge in [-0.3, -0.25) is 4.79 Å². The van der Waals surface area contributed by atoms with Crippen molar-refractivity contribution in [2.75, 3.05) is 13.7 Å². The summed E-state index contributed by atoms with van der Waals surface area (Å²) in [6, 6.07) is 13.1. The average molecular weight is 329 g/mol. The molecule has 3 rings (SSSR count). The molecule has 0 N–H and O–H groups in total. The van der Waals surface area contributed by atoms with Gasteiger partial charge in [0, 0.05) is 7.05 Å². The van der Waals surface area contributed by atoms with Crippen molar-refractivity contribution < 1.29 is 14.1 Å². The molecule has 1 amide bonds. The molecule has 0 aliphatic carbocycles. The molecule has 0 aliphatic heterocycles. The van der Waals surface area contributed by atoms with Crippen LogP contribution >= 0.6 is 11.3 Å². The zero-order valence-corrected chi connectivity index (χ0v) is 13.3. The minimum Gasteiger partial charge on any atom is -0.484 e. The van der Waals surface area contributed by atoms with Crippen molar-refractivity contribution in [3.05, 3.63) is 53.7 Å². The van der Waals surface area contributed by atoms with Gasteiger partial charge >= 0.3 is 0 Å². The Morgan fingerprint density at radius 1 is 1.26 bits per heavy atom. The van der Waals surface area contributed by atoms with Gasteiger partial charge in [-0.15, -0.1) is 11.3 Å². The molecule has 2 heterocycles. The second-order valence-electron chi connectivity index (χ2n) is 4.84. The van der Waals surface area contributed by atoms with Crippen LogP contribution < -0.4 is 4.74 Å². The molecule has 118 valence electrons. The number of thiophene rings is 1. The van der Waals surface area contributed by atoms with E-state index in [-0.39, 0.29) is 19.1 Å². The van der Waals surface area contributed by atoms with Crippen LogP contribution in [0, 0.1) is 0 Å². The smallest absolute Gasteiger partial charge is 0.260 e. The Morgan fingerprint density at radius 2 is 2.09 bits per heavy atom. The number of likely N-dealkylation sites (N-methyl/N-ethyl adjacent to an activating group) is 1. The molecule has 0 fully saturated rings. The van der Waals surface area contributed by atoms with Crippen molar-refractivity contribution in [3.63, 3.8) is 0 Å². The van der Waals surface area contributed by atoms with E-state index in [4.69, 9.17) is 9.26 Å². The van der Waals surface area contributed by atoms with Gasteiger partial charge in [0.25, 0.3) is 5.91 Å². The van der Waals surface area contributed by atoms with Crippen LogP contribution in [0.5, 0.6) is 5.75 Å². The van der Waals surface area contributed by atoms with Gasteiger partial charge in [-0.2, -0.15) is 4.98 Å². The largest absolute Gasteiger partial charge is 0.484 e. The average Bonchev–Trinajstić information content (AvgIpc) is 3.24. The first-order valence-corrected chi connectivity index (χ1v) is 7.88. The van der Waals surface area contributed by atoms with Gasteiger partial charge in [0.15, 0.2) is 6.61 Å². The highest BCUT2D eigenvalue weighted by Crippen LogP contribution is 2.21. The SMILES string of the molecule is CN(Cc1nc(-c2cccs2)no1)C(=O)COc1ccccc1. The normalized spacial score (nSPS) is 10.5. The third-order valence-corrected chi connectivity index (χ3v) is 3.98. The Balaban J connectivity index is 1.54. The van der Waals surface area contributed by atoms with E-state index in [0.29, 0.717) is 17.5 Å². The molecule has 6 nitrogen and oxygen atoms in total. The number of hydrogen-bond acceptors (Lipinski definition) is 6. The van der Waals surface area contributed by atoms with E-state index in [9.17, 15) is 4.79 Å². The monoisotopic (exact) mass is 329 g/mol. The van der Waals surface area contributed by atoms with E-state index in [1.165, 1.54) is 16.2 Å². The van der Waals surface area contributed by atoms with E-state index >= 15 is 0 Å². The number of rotatable bonds is 6. The molecule has 0 atom stereocenters. The standard InChI is InChI=1S/C16H15N3O3S/c1-19(15(20)11-21-12-6-3-2-4-7-12)10-14-17-16(18-22-14)13-8-5-9-23-13/h2-9H,10-11H2,1H3. The number of carbonyl (C=O) groups is 1. The van der Waals surface area contributed by atoms with Gasteiger partial charge in [-0.05, 0) is 23.6 Å². The van der Waals surface area contributed by atoms with Crippen molar-refractivity contribution in [1.29, 1.82) is 0 Å². The van der Waals surface area contributed by atoms with Crippen molar-refractivity contribution in [3.8, 4) is 16.5 Å². The van der Waals surface area contributed by atoms with E-state index in [1.54, 1.807) is 19.2 Å². The molecule has 7 heteroatoms. The molecule has 0 saturated heterocycles. The molecule has 23 heavy (non-hydrogen) atoms. The number of ether oxygens (including phenoxy) is 1. The molecule has 0 saturated carbocycles. The Hall–Kier alpha value is -2.67. The topological polar surface area (TPSA) is 68.5 Å². The zero-order chi connectivity index (χ0) is 16.1. The number of carbonyl (C=O) groups excluding carboxylic acids is 1. The lowest BCUT2D eigenvalue weighted by Gasteiger charge is -2.15. The Morgan fingerprint density at radius 3 is 2.83 bits per heavy atom. The Labute approximate surface area is 137 Å². The molecule has 0 radical (unpaired) electrons. The number of aromatic nitrogens is 2. The van der Waals surface area contributed by atoms with Crippen LogP contribution in [0.25, 0.3) is 10.7 Å². The first kappa shape index (κ1) is 15.2. The maximum absolute atomic E-state index is 12.1. The summed E-state index contributed by atoms with van der Waals surface area (Å²) in [5.41, 5.74) is 0. The predicted molar refractivity (Wildman–Crippen MR) is 86.0 cm³/mol. The summed E-state index contributed by atoms with van der Waals surface area (Å²) in [6.45, 7) is 0.210. The van der Waals surface area contributed by atoms with E-state index in [0.717, 1.165) is 4.88 Å². The quantitative estimate of drug-likeness (QED) is 0.695. The predicted octanol–water partition coefficient (Wildman–Crippen LogP) is 2.84. The lowest BCUT2D eigenvalue weighted by molar-refractivity contribution is -0.132.